The molecule has 19 heteroatoms. The summed E-state index contributed by atoms with van der Waals surface area (Å²) in [5.74, 6) is -4.10. The van der Waals surface area contributed by atoms with Crippen molar-refractivity contribution in [1.29, 1.82) is 0 Å². The van der Waals surface area contributed by atoms with Gasteiger partial charge in [0.25, 0.3) is 0 Å². The molecule has 0 saturated carbocycles. The number of hydrogen-bond acceptors (Lipinski definition) is 19. The first kappa shape index (κ1) is 58.8. The second-order valence-electron chi connectivity index (χ2n) is 20.0. The highest BCUT2D eigenvalue weighted by Crippen LogP contribution is 2.38. The Balaban J connectivity index is 1.60. The summed E-state index contributed by atoms with van der Waals surface area (Å²) in [6.45, 7) is 15.6. The van der Waals surface area contributed by atoms with Crippen LogP contribution < -0.4 is 0 Å². The molecule has 0 radical (unpaired) electrons. The molecule has 3 saturated heterocycles. The molecule has 4 aliphatic heterocycles. The number of nitrogens with zero attached hydrogens (tertiary/aromatic N) is 1. The van der Waals surface area contributed by atoms with Crippen molar-refractivity contribution in [3.05, 3.63) is 23.8 Å². The van der Waals surface area contributed by atoms with E-state index in [0.29, 0.717) is 18.4 Å². The van der Waals surface area contributed by atoms with E-state index in [-0.39, 0.29) is 38.1 Å². The van der Waals surface area contributed by atoms with Crippen LogP contribution in [0.2, 0.25) is 0 Å². The van der Waals surface area contributed by atoms with Gasteiger partial charge >= 0.3 is 11.9 Å². The molecule has 0 aliphatic carbocycles. The number of allylic oxidation sites excluding steroid dienone is 3. The Bertz CT molecular complexity index is 1710. The van der Waals surface area contributed by atoms with Gasteiger partial charge in [0.1, 0.15) is 48.5 Å². The molecule has 21 atom stereocenters. The predicted molar refractivity (Wildman–Crippen MR) is 249 cm³/mol. The molecule has 69 heavy (non-hydrogen) atoms. The fourth-order valence-corrected chi connectivity index (χ4v) is 10.1. The maximum atomic E-state index is 13.8. The van der Waals surface area contributed by atoms with Gasteiger partial charge in [0.2, 0.25) is 0 Å². The van der Waals surface area contributed by atoms with Gasteiger partial charge in [-0.2, -0.15) is 0 Å². The fraction of sp³-hybridized carbons (Fsp3) is 0.840. The fourth-order valence-electron chi connectivity index (χ4n) is 10.1. The van der Waals surface area contributed by atoms with Gasteiger partial charge in [-0.15, -0.1) is 0 Å². The number of rotatable bonds is 16. The zero-order valence-electron chi connectivity index (χ0n) is 43.0. The Labute approximate surface area is 408 Å². The van der Waals surface area contributed by atoms with Crippen molar-refractivity contribution >= 4 is 24.0 Å². The van der Waals surface area contributed by atoms with Crippen molar-refractivity contribution in [2.24, 2.45) is 23.7 Å². The summed E-state index contributed by atoms with van der Waals surface area (Å²) in [7, 11) is 6.43. The molecule has 3 fully saturated rings. The summed E-state index contributed by atoms with van der Waals surface area (Å²) in [6, 6.07) is -0.778. The highest BCUT2D eigenvalue weighted by molar-refractivity contribution is 5.91. The van der Waals surface area contributed by atoms with E-state index in [1.54, 1.807) is 73.5 Å². The molecule has 0 amide bonds. The maximum Gasteiger partial charge on any atom is 0.308 e. The van der Waals surface area contributed by atoms with E-state index in [1.807, 2.05) is 19.9 Å². The van der Waals surface area contributed by atoms with Crippen molar-refractivity contribution in [2.45, 2.75) is 211 Å². The van der Waals surface area contributed by atoms with Gasteiger partial charge in [-0.1, -0.05) is 45.4 Å². The zero-order valence-corrected chi connectivity index (χ0v) is 43.0. The number of aldehydes is 1. The minimum atomic E-state index is -1.50. The Morgan fingerprint density at radius 1 is 0.884 bits per heavy atom. The highest BCUT2D eigenvalue weighted by Gasteiger charge is 2.53. The number of aliphatic hydroxyl groups excluding tert-OH is 3. The van der Waals surface area contributed by atoms with E-state index < -0.39 is 146 Å². The van der Waals surface area contributed by atoms with Crippen LogP contribution in [0, 0.1) is 23.7 Å². The molecule has 4 rings (SSSR count). The quantitative estimate of drug-likeness (QED) is 0.128. The summed E-state index contributed by atoms with van der Waals surface area (Å²) in [4.78, 5) is 54.1. The first-order chi connectivity index (χ1) is 32.5. The second-order valence-corrected chi connectivity index (χ2v) is 20.0. The number of hydrogen-bond donors (Lipinski definition) is 4. The smallest absolute Gasteiger partial charge is 0.308 e. The summed E-state index contributed by atoms with van der Waals surface area (Å²) in [6.07, 6.45) is -7.78. The summed E-state index contributed by atoms with van der Waals surface area (Å²) in [5.41, 5.74) is -0.822. The van der Waals surface area contributed by atoms with E-state index in [9.17, 15) is 39.6 Å². The number of carbonyl (C=O) groups is 4. The first-order valence-corrected chi connectivity index (χ1v) is 24.6. The Morgan fingerprint density at radius 2 is 1.55 bits per heavy atom. The van der Waals surface area contributed by atoms with Gasteiger partial charge < -0.3 is 77.5 Å². The first-order valence-electron chi connectivity index (χ1n) is 24.6. The molecule has 0 bridgehead atoms. The molecule has 4 heterocycles. The third-order valence-corrected chi connectivity index (χ3v) is 14.1. The van der Waals surface area contributed by atoms with Crippen LogP contribution in [0.15, 0.2) is 23.8 Å². The number of carbonyl (C=O) groups excluding carboxylic acids is 4. The average Bonchev–Trinajstić information content (AvgIpc) is 3.27. The molecule has 19 nitrogen and oxygen atoms in total. The lowest BCUT2D eigenvalue weighted by Crippen LogP contribution is -2.65. The van der Waals surface area contributed by atoms with Gasteiger partial charge in [0.15, 0.2) is 30.8 Å². The third-order valence-electron chi connectivity index (χ3n) is 14.1. The van der Waals surface area contributed by atoms with Crippen LogP contribution in [0.5, 0.6) is 0 Å². The zero-order chi connectivity index (χ0) is 51.5. The monoisotopic (exact) mass is 986 g/mol. The number of methoxy groups -OCH3 is 2. The number of ether oxygens (including phenoxy) is 10. The van der Waals surface area contributed by atoms with E-state index in [1.165, 1.54) is 20.3 Å². The molecule has 0 spiro atoms. The summed E-state index contributed by atoms with van der Waals surface area (Å²) in [5, 5.41) is 46.1. The van der Waals surface area contributed by atoms with Gasteiger partial charge in [-0.3, -0.25) is 14.4 Å². The SMILES string of the molecule is CCCC(=O)OC1C(C)OC(OC2C(C)OC(OC3C(CC=O)CC(C)C(=O)C=CC(C)=CC(COC4OC(C)C(O)C(OC)C4OC)C(CC)OC(=O)CC(O)C3C)C(O)C2N(C)C)CC1(C)O. The van der Waals surface area contributed by atoms with E-state index in [4.69, 9.17) is 47.4 Å². The molecule has 0 aromatic carbocycles. The Morgan fingerprint density at radius 3 is 2.14 bits per heavy atom. The van der Waals surface area contributed by atoms with E-state index >= 15 is 0 Å². The maximum absolute atomic E-state index is 13.8. The van der Waals surface area contributed by atoms with Crippen LogP contribution in [-0.2, 0) is 66.5 Å². The van der Waals surface area contributed by atoms with Gasteiger partial charge in [0, 0.05) is 51.2 Å². The topological polar surface area (TPSA) is 245 Å². The molecule has 4 aliphatic rings. The van der Waals surface area contributed by atoms with E-state index in [0.717, 1.165) is 6.29 Å². The van der Waals surface area contributed by atoms with Crippen molar-refractivity contribution in [3.63, 3.8) is 0 Å². The molecular formula is C50H83NO18. The number of aliphatic hydroxyl groups is 4. The summed E-state index contributed by atoms with van der Waals surface area (Å²) >= 11 is 0. The third kappa shape index (κ3) is 15.4. The lowest BCUT2D eigenvalue weighted by atomic mass is 9.79. The highest BCUT2D eigenvalue weighted by atomic mass is 16.7. The normalized spacial score (nSPS) is 42.1. The van der Waals surface area contributed by atoms with E-state index in [2.05, 4.69) is 0 Å². The second kappa shape index (κ2) is 26.8. The average molecular weight is 986 g/mol. The lowest BCUT2D eigenvalue weighted by Gasteiger charge is -2.50. The Hall–Kier alpha value is -2.76. The van der Waals surface area contributed by atoms with Crippen molar-refractivity contribution in [1.82, 2.24) is 4.90 Å². The number of likely N-dealkylation sites (N-methyl/N-ethyl adjacent to an activating group) is 1. The minimum absolute atomic E-state index is 0.0142. The van der Waals surface area contributed by atoms with Crippen LogP contribution in [0.3, 0.4) is 0 Å². The molecule has 0 aromatic rings. The summed E-state index contributed by atoms with van der Waals surface area (Å²) < 4.78 is 60.8. The largest absolute Gasteiger partial charge is 0.462 e. The predicted octanol–water partition coefficient (Wildman–Crippen LogP) is 3.18. The van der Waals surface area contributed by atoms with Crippen LogP contribution in [0.25, 0.3) is 0 Å². The number of esters is 2. The molecular weight excluding hydrogens is 903 g/mol. The molecule has 0 aromatic heterocycles. The lowest BCUT2D eigenvalue weighted by molar-refractivity contribution is -0.342. The number of ketones is 1. The van der Waals surface area contributed by atoms with Crippen LogP contribution in [0.1, 0.15) is 107 Å². The van der Waals surface area contributed by atoms with Crippen molar-refractivity contribution in [3.8, 4) is 0 Å². The van der Waals surface area contributed by atoms with Crippen molar-refractivity contribution < 1.29 is 87.0 Å². The molecule has 396 valence electrons. The van der Waals surface area contributed by atoms with Gasteiger partial charge in [-0.25, -0.2) is 0 Å². The van der Waals surface area contributed by atoms with Gasteiger partial charge in [-0.05, 0) is 80.0 Å². The number of cyclic esters (lactones) is 1. The minimum Gasteiger partial charge on any atom is -0.462 e. The van der Waals surface area contributed by atoms with Crippen LogP contribution >= 0.6 is 0 Å². The van der Waals surface area contributed by atoms with Crippen LogP contribution in [-0.4, -0.2) is 188 Å². The van der Waals surface area contributed by atoms with Gasteiger partial charge in [0.05, 0.1) is 49.6 Å². The standard InChI is InChI=1S/C50H83NO18/c1-14-16-37(55)67-47-31(8)63-39(24-50(47,9)59)68-44-30(7)65-48(42(58)40(44)51(10)11)69-43-28(5)35(54)23-38(56)66-36(15-2)33(21-26(3)17-18-34(53)27(4)22-32(43)19-20-52)25-62-49-46(61-13)45(60-12)41(57)29(6)64-49/h17-18,20-21,27-33,35-36,39-49,54,57-59H,14-16,19,22-25H2,1-13H3. The molecule has 4 N–H and O–H groups in total. The van der Waals surface area contributed by atoms with Crippen LogP contribution in [0.4, 0.5) is 0 Å². The molecule has 21 unspecified atom stereocenters. The van der Waals surface area contributed by atoms with Crippen molar-refractivity contribution in [2.75, 3.05) is 34.9 Å². The Kier molecular flexibility index (Phi) is 22.8.